The Morgan fingerprint density at radius 3 is 2.83 bits per heavy atom. The van der Waals surface area contributed by atoms with Gasteiger partial charge >= 0.3 is 0 Å². The number of nitriles is 1. The molecule has 0 bridgehead atoms. The molecule has 30 heavy (non-hydrogen) atoms. The minimum Gasteiger partial charge on any atom is -0.496 e. The molecule has 0 unspecified atom stereocenters. The molecule has 7 nitrogen and oxygen atoms in total. The second-order valence-electron chi connectivity index (χ2n) is 6.42. The van der Waals surface area contributed by atoms with Crippen molar-refractivity contribution in [1.82, 2.24) is 19.5 Å². The van der Waals surface area contributed by atoms with Gasteiger partial charge in [-0.1, -0.05) is 29.8 Å². The van der Waals surface area contributed by atoms with Gasteiger partial charge in [0.05, 0.1) is 30.0 Å². The van der Waals surface area contributed by atoms with E-state index in [-0.39, 0.29) is 0 Å². The van der Waals surface area contributed by atoms with E-state index in [1.807, 2.05) is 28.8 Å². The molecule has 9 heteroatoms. The molecule has 2 heterocycles. The molecule has 0 radical (unpaired) electrons. The number of nitrogen functional groups attached to an aromatic ring is 1. The van der Waals surface area contributed by atoms with Crippen LogP contribution in [0.5, 0.6) is 5.75 Å². The first kappa shape index (κ1) is 20.0. The van der Waals surface area contributed by atoms with Crippen molar-refractivity contribution in [3.63, 3.8) is 0 Å². The average molecular weight is 437 g/mol. The molecule has 0 atom stereocenters. The zero-order valence-corrected chi connectivity index (χ0v) is 17.6. The smallest absolute Gasteiger partial charge is 0.195 e. The fourth-order valence-corrected chi connectivity index (χ4v) is 4.14. The summed E-state index contributed by atoms with van der Waals surface area (Å²) in [5.41, 5.74) is 8.15. The number of anilines is 1. The lowest BCUT2D eigenvalue weighted by molar-refractivity contribution is 0.404. The van der Waals surface area contributed by atoms with Crippen molar-refractivity contribution in [3.8, 4) is 23.3 Å². The van der Waals surface area contributed by atoms with Crippen LogP contribution in [0.4, 0.5) is 5.82 Å². The van der Waals surface area contributed by atoms with Gasteiger partial charge in [-0.05, 0) is 48.0 Å². The van der Waals surface area contributed by atoms with E-state index in [2.05, 4.69) is 21.0 Å². The van der Waals surface area contributed by atoms with E-state index < -0.39 is 0 Å². The van der Waals surface area contributed by atoms with Crippen LogP contribution < -0.4 is 10.5 Å². The monoisotopic (exact) mass is 436 g/mol. The molecule has 2 aromatic carbocycles. The number of imidazole rings is 1. The van der Waals surface area contributed by atoms with Crippen LogP contribution >= 0.6 is 23.4 Å². The minimum atomic E-state index is 0.316. The Balaban J connectivity index is 1.65. The Morgan fingerprint density at radius 1 is 1.23 bits per heavy atom. The van der Waals surface area contributed by atoms with Crippen molar-refractivity contribution in [2.24, 2.45) is 0 Å². The number of ether oxygens (including phenoxy) is 1. The van der Waals surface area contributed by atoms with Gasteiger partial charge < -0.3 is 15.0 Å². The van der Waals surface area contributed by atoms with Crippen LogP contribution in [0.3, 0.4) is 0 Å². The molecule has 2 aliphatic heterocycles. The van der Waals surface area contributed by atoms with Crippen LogP contribution in [-0.2, 0) is 13.0 Å². The van der Waals surface area contributed by atoms with Crippen molar-refractivity contribution in [2.45, 2.75) is 23.0 Å². The lowest BCUT2D eigenvalue weighted by atomic mass is 10.1. The zero-order chi connectivity index (χ0) is 21.1. The first-order valence-corrected chi connectivity index (χ1v) is 10.3. The Kier molecular flexibility index (Phi) is 5.74. The predicted octanol–water partition coefficient (Wildman–Crippen LogP) is 4.29. The summed E-state index contributed by atoms with van der Waals surface area (Å²) < 4.78 is 7.31. The van der Waals surface area contributed by atoms with Crippen LogP contribution in [0, 0.1) is 11.3 Å². The van der Waals surface area contributed by atoms with Gasteiger partial charge in [-0.3, -0.25) is 0 Å². The number of hydrogen-bond donors (Lipinski definition) is 1. The molecule has 4 rings (SSSR count). The molecule has 2 aromatic rings. The van der Waals surface area contributed by atoms with Gasteiger partial charge in [0.1, 0.15) is 5.75 Å². The first-order chi connectivity index (χ1) is 14.6. The van der Waals surface area contributed by atoms with Gasteiger partial charge in [-0.2, -0.15) is 5.26 Å². The Bertz CT molecular complexity index is 1220. The molecule has 2 aliphatic rings. The van der Waals surface area contributed by atoms with E-state index in [0.717, 1.165) is 21.9 Å². The summed E-state index contributed by atoms with van der Waals surface area (Å²) in [6.07, 6.45) is 2.38. The molecule has 0 fully saturated rings. The normalized spacial score (nSPS) is 10.8. The summed E-state index contributed by atoms with van der Waals surface area (Å²) >= 11 is 7.58. The zero-order valence-electron chi connectivity index (χ0n) is 16.0. The summed E-state index contributed by atoms with van der Waals surface area (Å²) in [6, 6.07) is 15.1. The van der Waals surface area contributed by atoms with Crippen LogP contribution in [0.2, 0.25) is 5.02 Å². The summed E-state index contributed by atoms with van der Waals surface area (Å²) in [4.78, 5) is 14.2. The second kappa shape index (κ2) is 8.61. The third-order valence-corrected chi connectivity index (χ3v) is 5.82. The number of benzene rings is 2. The molecule has 0 saturated heterocycles. The van der Waals surface area contributed by atoms with E-state index in [0.29, 0.717) is 40.4 Å². The Hall–Kier alpha value is -3.28. The van der Waals surface area contributed by atoms with E-state index in [4.69, 9.17) is 22.1 Å². The van der Waals surface area contributed by atoms with Gasteiger partial charge in [-0.15, -0.1) is 0 Å². The van der Waals surface area contributed by atoms with Gasteiger partial charge in [0.25, 0.3) is 0 Å². The number of nitrogens with two attached hydrogens (primary N) is 1. The second-order valence-corrected chi connectivity index (χ2v) is 7.84. The molecule has 0 saturated carbocycles. The van der Waals surface area contributed by atoms with Crippen molar-refractivity contribution < 1.29 is 4.74 Å². The molecule has 0 spiro atoms. The topological polar surface area (TPSA) is 103 Å². The third-order valence-electron chi connectivity index (χ3n) is 4.55. The summed E-state index contributed by atoms with van der Waals surface area (Å²) in [6.45, 7) is 0.629. The maximum Gasteiger partial charge on any atom is 0.195 e. The first-order valence-electron chi connectivity index (χ1n) is 9.07. The van der Waals surface area contributed by atoms with E-state index in [1.54, 1.807) is 31.6 Å². The quantitative estimate of drug-likeness (QED) is 0.481. The van der Waals surface area contributed by atoms with Crippen molar-refractivity contribution in [3.05, 3.63) is 64.9 Å². The number of aryl methyl sites for hydroxylation is 2. The molecule has 0 aliphatic carbocycles. The molecule has 0 amide bonds. The fourth-order valence-electron chi connectivity index (χ4n) is 3.01. The number of rotatable bonds is 6. The lowest BCUT2D eigenvalue weighted by Crippen LogP contribution is -2.10. The maximum atomic E-state index is 9.18. The highest BCUT2D eigenvalue weighted by Gasteiger charge is 2.20. The van der Waals surface area contributed by atoms with E-state index in [1.165, 1.54) is 11.8 Å². The number of nitrogens with zero attached hydrogens (tertiary/aromatic N) is 5. The molecule has 150 valence electrons. The van der Waals surface area contributed by atoms with Crippen molar-refractivity contribution in [1.29, 1.82) is 5.26 Å². The van der Waals surface area contributed by atoms with Crippen LogP contribution in [0.25, 0.3) is 11.5 Å². The number of halogens is 1. The highest BCUT2D eigenvalue weighted by Crippen LogP contribution is 2.37. The standard InChI is InChI=1S/C21H17ClN6OS/c1-29-16-7-6-13(11-23)10-17(16)30-21-26-18-19(24)25-12-28(20(18)27-21)9-8-14-4-2-3-5-15(14)22/h2-7,10,12H,8-9,24H2,1H3. The maximum absolute atomic E-state index is 9.18. The van der Waals surface area contributed by atoms with Gasteiger partial charge in [0.2, 0.25) is 0 Å². The number of aromatic nitrogens is 4. The van der Waals surface area contributed by atoms with Crippen molar-refractivity contribution in [2.75, 3.05) is 12.8 Å². The largest absolute Gasteiger partial charge is 0.496 e. The van der Waals surface area contributed by atoms with Crippen LogP contribution in [-0.4, -0.2) is 26.6 Å². The SMILES string of the molecule is COc1ccc(C#N)cc1Sc1nc2c(N)ncn(CCc3ccccc3Cl)c-2n1. The van der Waals surface area contributed by atoms with Crippen molar-refractivity contribution >= 4 is 29.2 Å². The molecular formula is C21H17ClN6OS. The lowest BCUT2D eigenvalue weighted by Gasteiger charge is -2.11. The van der Waals surface area contributed by atoms with Gasteiger partial charge in [0, 0.05) is 11.6 Å². The van der Waals surface area contributed by atoms with Gasteiger partial charge in [0.15, 0.2) is 22.5 Å². The molecule has 2 N–H and O–H groups in total. The van der Waals surface area contributed by atoms with Crippen LogP contribution in [0.15, 0.2) is 58.8 Å². The minimum absolute atomic E-state index is 0.316. The summed E-state index contributed by atoms with van der Waals surface area (Å²) in [5, 5.41) is 10.4. The van der Waals surface area contributed by atoms with E-state index >= 15 is 0 Å². The Morgan fingerprint density at radius 2 is 2.07 bits per heavy atom. The summed E-state index contributed by atoms with van der Waals surface area (Å²) in [5.74, 6) is 1.61. The highest BCUT2D eigenvalue weighted by atomic mass is 35.5. The van der Waals surface area contributed by atoms with Crippen LogP contribution in [0.1, 0.15) is 11.1 Å². The Labute approximate surface area is 182 Å². The van der Waals surface area contributed by atoms with Gasteiger partial charge in [-0.25, -0.2) is 15.0 Å². The third kappa shape index (κ3) is 4.03. The van der Waals surface area contributed by atoms with E-state index in [9.17, 15) is 5.26 Å². The fraction of sp³-hybridized carbons (Fsp3) is 0.143. The molecular weight excluding hydrogens is 420 g/mol. The average Bonchev–Trinajstić information content (AvgIpc) is 3.19. The number of fused-ring (bicyclic) bond motifs is 1. The highest BCUT2D eigenvalue weighted by molar-refractivity contribution is 7.99. The number of methoxy groups -OCH3 is 1. The predicted molar refractivity (Wildman–Crippen MR) is 116 cm³/mol. The molecule has 0 aromatic heterocycles. The number of hydrogen-bond acceptors (Lipinski definition) is 7. The summed E-state index contributed by atoms with van der Waals surface area (Å²) in [7, 11) is 1.58.